The summed E-state index contributed by atoms with van der Waals surface area (Å²) in [6.07, 6.45) is 18.0. The van der Waals surface area contributed by atoms with E-state index in [4.69, 9.17) is 13.0 Å². The van der Waals surface area contributed by atoms with Crippen LogP contribution in [0.2, 0.25) is 0 Å². The highest BCUT2D eigenvalue weighted by atomic mass is 32.2. The number of hydrogen-bond acceptors (Lipinski definition) is 3. The fourth-order valence-electron chi connectivity index (χ4n) is 2.74. The van der Waals surface area contributed by atoms with Gasteiger partial charge < -0.3 is 4.90 Å². The van der Waals surface area contributed by atoms with E-state index in [-0.39, 0.29) is 0 Å². The normalized spacial score (nSPS) is 14.8. The van der Waals surface area contributed by atoms with E-state index in [2.05, 4.69) is 24.9 Å². The van der Waals surface area contributed by atoms with E-state index in [1.807, 2.05) is 0 Å². The number of nitrogens with zero attached hydrogens (tertiary/aromatic N) is 1. The maximum absolute atomic E-state index is 10.7. The van der Waals surface area contributed by atoms with E-state index in [1.54, 1.807) is 5.57 Å². The number of alkyl halides is 3. The van der Waals surface area contributed by atoms with Gasteiger partial charge in [0.05, 0.1) is 0 Å². The van der Waals surface area contributed by atoms with E-state index >= 15 is 0 Å². The van der Waals surface area contributed by atoms with Crippen molar-refractivity contribution in [2.24, 2.45) is 0 Å². The van der Waals surface area contributed by atoms with Crippen LogP contribution in [0.15, 0.2) is 11.8 Å². The number of halogens is 3. The third-order valence-electron chi connectivity index (χ3n) is 4.29. The summed E-state index contributed by atoms with van der Waals surface area (Å²) in [5.74, 6) is 0. The molecule has 0 saturated carbocycles. The van der Waals surface area contributed by atoms with E-state index in [1.165, 1.54) is 83.7 Å². The van der Waals surface area contributed by atoms with Gasteiger partial charge in [-0.25, -0.2) is 0 Å². The van der Waals surface area contributed by atoms with Crippen molar-refractivity contribution in [3.8, 4) is 0 Å². The van der Waals surface area contributed by atoms with Gasteiger partial charge in [0.25, 0.3) is 0 Å². The van der Waals surface area contributed by atoms with Gasteiger partial charge in [-0.15, -0.1) is 0 Å². The molecule has 0 aromatic rings. The minimum atomic E-state index is -5.84. The molecule has 1 heterocycles. The van der Waals surface area contributed by atoms with Gasteiger partial charge in [-0.2, -0.15) is 21.6 Å². The minimum Gasteiger partial charge on any atom is -0.377 e. The zero-order chi connectivity index (χ0) is 20.1. The first-order valence-corrected chi connectivity index (χ1v) is 11.0. The average molecular weight is 402 g/mol. The van der Waals surface area contributed by atoms with E-state index in [9.17, 15) is 13.2 Å². The van der Waals surface area contributed by atoms with Crippen LogP contribution in [-0.4, -0.2) is 36.5 Å². The van der Waals surface area contributed by atoms with Crippen molar-refractivity contribution in [3.05, 3.63) is 11.8 Å². The molecule has 0 spiro atoms. The molecule has 0 fully saturated rings. The van der Waals surface area contributed by atoms with Crippen LogP contribution in [0.25, 0.3) is 0 Å². The molecule has 0 atom stereocenters. The maximum Gasteiger partial charge on any atom is 0.522 e. The van der Waals surface area contributed by atoms with Gasteiger partial charge in [0.15, 0.2) is 0 Å². The van der Waals surface area contributed by atoms with Crippen molar-refractivity contribution in [1.29, 1.82) is 0 Å². The van der Waals surface area contributed by atoms with Crippen LogP contribution in [-0.2, 0) is 10.1 Å². The van der Waals surface area contributed by atoms with Gasteiger partial charge in [-0.3, -0.25) is 4.55 Å². The minimum absolute atomic E-state index is 1.27. The van der Waals surface area contributed by atoms with Crippen molar-refractivity contribution in [3.63, 3.8) is 0 Å². The van der Waals surface area contributed by atoms with Crippen LogP contribution < -0.4 is 0 Å². The molecule has 1 aliphatic heterocycles. The molecule has 0 amide bonds. The summed E-state index contributed by atoms with van der Waals surface area (Å²) < 4.78 is 57.5. The lowest BCUT2D eigenvalue weighted by Crippen LogP contribution is -2.21. The quantitative estimate of drug-likeness (QED) is 0.266. The predicted octanol–water partition coefficient (Wildman–Crippen LogP) is 5.91. The number of hydrogen-bond donors (Lipinski definition) is 1. The Hall–Kier alpha value is -0.760. The van der Waals surface area contributed by atoms with Crippen LogP contribution in [0.5, 0.6) is 0 Å². The van der Waals surface area contributed by atoms with Crippen LogP contribution in [0.3, 0.4) is 0 Å². The summed E-state index contributed by atoms with van der Waals surface area (Å²) in [5, 5.41) is 0. The topological polar surface area (TPSA) is 57.6 Å². The van der Waals surface area contributed by atoms with Crippen LogP contribution in [0.4, 0.5) is 13.2 Å². The standard InChI is InChI=1S/C17H33N.CHF3O3S/c1-3-4-5-6-7-8-9-10-11-12-14-18-15-13-17(2)16-18;2-1(3,4)8(5,6)7/h16H,3-15H2,1-2H3;(H,5,6,7). The molecule has 0 aliphatic carbocycles. The molecule has 4 nitrogen and oxygen atoms in total. The summed E-state index contributed by atoms with van der Waals surface area (Å²) in [4.78, 5) is 2.50. The fraction of sp³-hybridized carbons (Fsp3) is 0.889. The zero-order valence-electron chi connectivity index (χ0n) is 16.0. The molecule has 0 unspecified atom stereocenters. The molecule has 1 N–H and O–H groups in total. The fourth-order valence-corrected chi connectivity index (χ4v) is 2.74. The summed E-state index contributed by atoms with van der Waals surface area (Å²) in [6, 6.07) is 0. The van der Waals surface area contributed by atoms with Gasteiger partial charge >= 0.3 is 15.6 Å². The lowest BCUT2D eigenvalue weighted by Gasteiger charge is -2.14. The van der Waals surface area contributed by atoms with Crippen LogP contribution in [0.1, 0.15) is 84.5 Å². The second-order valence-corrected chi connectivity index (χ2v) is 8.28. The lowest BCUT2D eigenvalue weighted by atomic mass is 10.1. The van der Waals surface area contributed by atoms with Crippen LogP contribution in [0, 0.1) is 0 Å². The highest BCUT2D eigenvalue weighted by Crippen LogP contribution is 2.20. The number of unbranched alkanes of at least 4 members (excludes halogenated alkanes) is 9. The maximum atomic E-state index is 10.7. The van der Waals surface area contributed by atoms with Gasteiger partial charge in [0, 0.05) is 13.1 Å². The Balaban J connectivity index is 0.000000660. The third kappa shape index (κ3) is 13.4. The van der Waals surface area contributed by atoms with Crippen molar-refractivity contribution in [2.45, 2.75) is 90.0 Å². The summed E-state index contributed by atoms with van der Waals surface area (Å²) >= 11 is 0. The Labute approximate surface area is 156 Å². The Kier molecular flexibility index (Phi) is 13.0. The second-order valence-electron chi connectivity index (χ2n) is 6.86. The molecule has 0 aromatic heterocycles. The first-order chi connectivity index (χ1) is 12.1. The molecule has 1 aliphatic rings. The summed E-state index contributed by atoms with van der Waals surface area (Å²) in [5.41, 5.74) is -3.98. The molecule has 0 radical (unpaired) electrons. The van der Waals surface area contributed by atoms with Crippen molar-refractivity contribution < 1.29 is 26.1 Å². The molecule has 8 heteroatoms. The largest absolute Gasteiger partial charge is 0.522 e. The molecule has 156 valence electrons. The van der Waals surface area contributed by atoms with Crippen molar-refractivity contribution in [2.75, 3.05) is 13.1 Å². The molecule has 0 aromatic carbocycles. The Morgan fingerprint density at radius 3 is 1.77 bits per heavy atom. The highest BCUT2D eigenvalue weighted by molar-refractivity contribution is 7.86. The van der Waals surface area contributed by atoms with Crippen LogP contribution >= 0.6 is 0 Å². The second kappa shape index (κ2) is 13.4. The molecule has 0 bridgehead atoms. The summed E-state index contributed by atoms with van der Waals surface area (Å²) in [7, 11) is -5.84. The number of rotatable bonds is 11. The third-order valence-corrected chi connectivity index (χ3v) is 4.87. The van der Waals surface area contributed by atoms with Gasteiger partial charge in [-0.05, 0) is 26.0 Å². The van der Waals surface area contributed by atoms with Gasteiger partial charge in [-0.1, -0.05) is 70.3 Å². The van der Waals surface area contributed by atoms with Crippen molar-refractivity contribution in [1.82, 2.24) is 4.90 Å². The predicted molar refractivity (Wildman–Crippen MR) is 99.4 cm³/mol. The monoisotopic (exact) mass is 401 g/mol. The van der Waals surface area contributed by atoms with Crippen molar-refractivity contribution >= 4 is 10.1 Å². The first kappa shape index (κ1) is 25.2. The SMILES string of the molecule is CCCCCCCCCCCCN1C=C(C)CC1.O=S(=O)(O)C(F)(F)F. The lowest BCUT2D eigenvalue weighted by molar-refractivity contribution is -0.0510. The zero-order valence-corrected chi connectivity index (χ0v) is 16.8. The molecular weight excluding hydrogens is 367 g/mol. The molecular formula is C18H34F3NO3S. The van der Waals surface area contributed by atoms with Gasteiger partial charge in [0.1, 0.15) is 0 Å². The van der Waals surface area contributed by atoms with Gasteiger partial charge in [0.2, 0.25) is 0 Å². The van der Waals surface area contributed by atoms with E-state index < -0.39 is 15.6 Å². The molecule has 26 heavy (non-hydrogen) atoms. The average Bonchev–Trinajstić information content (AvgIpc) is 2.93. The van der Waals surface area contributed by atoms with E-state index in [0.717, 1.165) is 0 Å². The Morgan fingerprint density at radius 1 is 1.00 bits per heavy atom. The Bertz CT molecular complexity index is 490. The first-order valence-electron chi connectivity index (χ1n) is 9.53. The molecule has 1 rings (SSSR count). The smallest absolute Gasteiger partial charge is 0.377 e. The molecule has 0 saturated heterocycles. The summed E-state index contributed by atoms with van der Waals surface area (Å²) in [6.45, 7) is 7.09. The Morgan fingerprint density at radius 2 is 1.42 bits per heavy atom. The van der Waals surface area contributed by atoms with E-state index in [0.29, 0.717) is 0 Å². The highest BCUT2D eigenvalue weighted by Gasteiger charge is 2.44.